The van der Waals surface area contributed by atoms with Crippen LogP contribution in [0.25, 0.3) is 0 Å². The second kappa shape index (κ2) is 69.4. The van der Waals surface area contributed by atoms with Gasteiger partial charge in [-0.2, -0.15) is 0 Å². The predicted octanol–water partition coefficient (Wildman–Crippen LogP) is 25.0. The Morgan fingerprint density at radius 3 is 0.625 bits per heavy atom. The quantitative estimate of drug-likeness (QED) is 0.0261. The van der Waals surface area contributed by atoms with Gasteiger partial charge in [0, 0.05) is 19.3 Å². The number of rotatable bonds is 68. The molecule has 472 valence electrons. The molecule has 0 rings (SSSR count). The van der Waals surface area contributed by atoms with Crippen molar-refractivity contribution in [2.24, 2.45) is 0 Å². The third kappa shape index (κ3) is 66.7. The number of carbonyl (C=O) groups is 3. The van der Waals surface area contributed by atoms with Gasteiger partial charge in [-0.25, -0.2) is 0 Å². The number of unbranched alkanes of at least 4 members (excludes halogenated alkanes) is 53. The van der Waals surface area contributed by atoms with E-state index in [4.69, 9.17) is 14.2 Å². The Kier molecular flexibility index (Phi) is 67.6. The number of hydrogen-bond acceptors (Lipinski definition) is 6. The zero-order chi connectivity index (χ0) is 57.8. The average molecular weight is 1130 g/mol. The first-order valence-corrected chi connectivity index (χ1v) is 36.3. The lowest BCUT2D eigenvalue weighted by atomic mass is 10.0. The summed E-state index contributed by atoms with van der Waals surface area (Å²) >= 11 is 0. The molecule has 1 atom stereocenters. The smallest absolute Gasteiger partial charge is 0.306 e. The molecule has 0 saturated carbocycles. The minimum atomic E-state index is -0.772. The molecule has 0 aliphatic carbocycles. The maximum Gasteiger partial charge on any atom is 0.306 e. The Morgan fingerprint density at radius 2 is 0.412 bits per heavy atom. The highest BCUT2D eigenvalue weighted by atomic mass is 16.6. The second-order valence-corrected chi connectivity index (χ2v) is 24.9. The maximum absolute atomic E-state index is 13.0. The Bertz CT molecular complexity index is 1290. The summed E-state index contributed by atoms with van der Waals surface area (Å²) in [5.41, 5.74) is 0. The van der Waals surface area contributed by atoms with Crippen LogP contribution in [0.1, 0.15) is 412 Å². The minimum absolute atomic E-state index is 0.0677. The Morgan fingerprint density at radius 1 is 0.237 bits per heavy atom. The Hall–Kier alpha value is -2.11. The number of ether oxygens (including phenoxy) is 3. The van der Waals surface area contributed by atoms with Crippen molar-refractivity contribution in [1.29, 1.82) is 0 Å². The fraction of sp³-hybridized carbons (Fsp3) is 0.905. The van der Waals surface area contributed by atoms with Gasteiger partial charge in [-0.3, -0.25) is 14.4 Å². The molecule has 0 aromatic heterocycles. The minimum Gasteiger partial charge on any atom is -0.462 e. The van der Waals surface area contributed by atoms with Crippen molar-refractivity contribution in [2.75, 3.05) is 13.2 Å². The van der Waals surface area contributed by atoms with Crippen LogP contribution in [0.15, 0.2) is 24.3 Å². The monoisotopic (exact) mass is 1130 g/mol. The molecule has 6 nitrogen and oxygen atoms in total. The fourth-order valence-electron chi connectivity index (χ4n) is 11.2. The van der Waals surface area contributed by atoms with Gasteiger partial charge < -0.3 is 14.2 Å². The zero-order valence-electron chi connectivity index (χ0n) is 54.4. The first-order chi connectivity index (χ1) is 39.5. The Balaban J connectivity index is 4.21. The van der Waals surface area contributed by atoms with Crippen LogP contribution in [0, 0.1) is 0 Å². The van der Waals surface area contributed by atoms with Crippen molar-refractivity contribution in [2.45, 2.75) is 419 Å². The van der Waals surface area contributed by atoms with E-state index in [1.165, 1.54) is 308 Å². The molecular formula is C74H140O6. The van der Waals surface area contributed by atoms with E-state index < -0.39 is 6.10 Å². The van der Waals surface area contributed by atoms with E-state index in [9.17, 15) is 14.4 Å². The third-order valence-corrected chi connectivity index (χ3v) is 16.7. The van der Waals surface area contributed by atoms with E-state index in [0.29, 0.717) is 19.3 Å². The van der Waals surface area contributed by atoms with Crippen molar-refractivity contribution in [3.8, 4) is 0 Å². The number of carbonyl (C=O) groups excluding carboxylic acids is 3. The van der Waals surface area contributed by atoms with Crippen molar-refractivity contribution >= 4 is 17.9 Å². The van der Waals surface area contributed by atoms with Crippen LogP contribution >= 0.6 is 0 Å². The van der Waals surface area contributed by atoms with Crippen LogP contribution in [-0.4, -0.2) is 37.2 Å². The van der Waals surface area contributed by atoms with Gasteiger partial charge in [-0.15, -0.1) is 0 Å². The van der Waals surface area contributed by atoms with Gasteiger partial charge >= 0.3 is 17.9 Å². The van der Waals surface area contributed by atoms with Crippen LogP contribution in [0.4, 0.5) is 0 Å². The summed E-state index contributed by atoms with van der Waals surface area (Å²) in [6.07, 6.45) is 85.0. The molecule has 0 aliphatic heterocycles. The summed E-state index contributed by atoms with van der Waals surface area (Å²) in [7, 11) is 0. The van der Waals surface area contributed by atoms with Gasteiger partial charge in [-0.05, 0) is 70.6 Å². The lowest BCUT2D eigenvalue weighted by molar-refractivity contribution is -0.167. The molecular weight excluding hydrogens is 985 g/mol. The largest absolute Gasteiger partial charge is 0.462 e. The van der Waals surface area contributed by atoms with Crippen LogP contribution in [0.5, 0.6) is 0 Å². The fourth-order valence-corrected chi connectivity index (χ4v) is 11.2. The van der Waals surface area contributed by atoms with Crippen molar-refractivity contribution in [3.63, 3.8) is 0 Å². The van der Waals surface area contributed by atoms with Gasteiger partial charge in [0.15, 0.2) is 6.10 Å². The molecule has 0 fully saturated rings. The predicted molar refractivity (Wildman–Crippen MR) is 349 cm³/mol. The highest BCUT2D eigenvalue weighted by Gasteiger charge is 2.19. The molecule has 0 bridgehead atoms. The summed E-state index contributed by atoms with van der Waals surface area (Å²) in [5, 5.41) is 0. The number of allylic oxidation sites excluding steroid dienone is 4. The molecule has 0 radical (unpaired) electrons. The SMILES string of the molecule is CCCCCCC/C=C\CCCCCCCC(=O)OCC(COC(=O)CCCCCCCCCCCCCCCCC/C=C\CCCCCCCCCC)OC(=O)CCCCCCCCCCCCCCCCCCCCCCC. The molecule has 0 aromatic rings. The second-order valence-electron chi connectivity index (χ2n) is 24.9. The Labute approximate surface area is 500 Å². The third-order valence-electron chi connectivity index (χ3n) is 16.7. The lowest BCUT2D eigenvalue weighted by Gasteiger charge is -2.18. The summed E-state index contributed by atoms with van der Waals surface area (Å²) in [5.74, 6) is -0.843. The highest BCUT2D eigenvalue weighted by molar-refractivity contribution is 5.71. The van der Waals surface area contributed by atoms with E-state index in [1.807, 2.05) is 0 Å². The van der Waals surface area contributed by atoms with Crippen LogP contribution < -0.4 is 0 Å². The summed E-state index contributed by atoms with van der Waals surface area (Å²) in [6, 6.07) is 0. The zero-order valence-corrected chi connectivity index (χ0v) is 54.4. The molecule has 0 amide bonds. The van der Waals surface area contributed by atoms with Crippen molar-refractivity contribution in [1.82, 2.24) is 0 Å². The van der Waals surface area contributed by atoms with E-state index in [0.717, 1.165) is 64.2 Å². The average Bonchev–Trinajstić information content (AvgIpc) is 3.46. The lowest BCUT2D eigenvalue weighted by Crippen LogP contribution is -2.30. The van der Waals surface area contributed by atoms with Crippen LogP contribution in [-0.2, 0) is 28.6 Å². The molecule has 80 heavy (non-hydrogen) atoms. The number of esters is 3. The molecule has 1 unspecified atom stereocenters. The topological polar surface area (TPSA) is 78.9 Å². The van der Waals surface area contributed by atoms with E-state index in [-0.39, 0.29) is 31.1 Å². The van der Waals surface area contributed by atoms with Gasteiger partial charge in [0.25, 0.3) is 0 Å². The van der Waals surface area contributed by atoms with Crippen molar-refractivity contribution in [3.05, 3.63) is 24.3 Å². The van der Waals surface area contributed by atoms with Gasteiger partial charge in [0.05, 0.1) is 0 Å². The summed E-state index contributed by atoms with van der Waals surface area (Å²) < 4.78 is 17.0. The van der Waals surface area contributed by atoms with Gasteiger partial charge in [-0.1, -0.05) is 347 Å². The van der Waals surface area contributed by atoms with E-state index in [2.05, 4.69) is 45.1 Å². The summed E-state index contributed by atoms with van der Waals surface area (Å²) in [4.78, 5) is 38.4. The van der Waals surface area contributed by atoms with Crippen LogP contribution in [0.2, 0.25) is 0 Å². The highest BCUT2D eigenvalue weighted by Crippen LogP contribution is 2.19. The molecule has 0 spiro atoms. The molecule has 0 saturated heterocycles. The van der Waals surface area contributed by atoms with Crippen LogP contribution in [0.3, 0.4) is 0 Å². The number of hydrogen-bond donors (Lipinski definition) is 0. The van der Waals surface area contributed by atoms with Crippen molar-refractivity contribution < 1.29 is 28.6 Å². The normalized spacial score (nSPS) is 12.1. The molecule has 0 aromatic carbocycles. The van der Waals surface area contributed by atoms with Gasteiger partial charge in [0.1, 0.15) is 13.2 Å². The first kappa shape index (κ1) is 77.9. The molecule has 0 aliphatic rings. The van der Waals surface area contributed by atoms with Gasteiger partial charge in [0.2, 0.25) is 0 Å². The summed E-state index contributed by atoms with van der Waals surface area (Å²) in [6.45, 7) is 6.71. The molecule has 0 heterocycles. The standard InChI is InChI=1S/C74H140O6/c1-4-7-10-13-16-19-22-25-28-30-32-34-35-36-37-38-39-41-42-44-46-49-52-55-58-61-64-67-73(76)79-70-71(69-78-72(75)66-63-60-57-54-51-48-27-24-21-18-15-12-9-6-3)80-74(77)68-65-62-59-56-53-50-47-45-43-40-33-31-29-26-23-20-17-14-11-8-5-2/h24,27,30,32,71H,4-23,25-26,28-29,31,33-70H2,1-3H3/b27-24-,32-30-. The van der Waals surface area contributed by atoms with E-state index in [1.54, 1.807) is 0 Å². The first-order valence-electron chi connectivity index (χ1n) is 36.3. The molecule has 6 heteroatoms. The maximum atomic E-state index is 13.0. The molecule has 0 N–H and O–H groups in total. The van der Waals surface area contributed by atoms with E-state index >= 15 is 0 Å².